The SMILES string of the molecule is CN(C)Cc1ccc(CSCCNc2ncc(Cc3ccc(CN(C)C)s3)c(=O)[nH]2)o1.Cl.Cl.Cl. The molecule has 3 aromatic heterocycles. The maximum Gasteiger partial charge on any atom is 0.255 e. The lowest BCUT2D eigenvalue weighted by Gasteiger charge is -2.07. The zero-order chi connectivity index (χ0) is 22.2. The van der Waals surface area contributed by atoms with Crippen LogP contribution in [0.5, 0.6) is 0 Å². The molecule has 3 heterocycles. The van der Waals surface area contributed by atoms with Crippen LogP contribution in [0.2, 0.25) is 0 Å². The molecule has 7 nitrogen and oxygen atoms in total. The Morgan fingerprint density at radius 2 is 1.68 bits per heavy atom. The van der Waals surface area contributed by atoms with Gasteiger partial charge < -0.3 is 19.5 Å². The normalized spacial score (nSPS) is 10.5. The first kappa shape index (κ1) is 32.8. The minimum absolute atomic E-state index is 0. The molecule has 0 aliphatic carbocycles. The predicted octanol–water partition coefficient (Wildman–Crippen LogP) is 4.75. The Kier molecular flexibility index (Phi) is 15.9. The summed E-state index contributed by atoms with van der Waals surface area (Å²) < 4.78 is 5.81. The Balaban J connectivity index is 0.00000363. The maximum absolute atomic E-state index is 12.4. The average Bonchev–Trinajstić information content (AvgIpc) is 3.32. The number of nitrogens with one attached hydrogen (secondary N) is 2. The lowest BCUT2D eigenvalue weighted by molar-refractivity contribution is 0.344. The van der Waals surface area contributed by atoms with E-state index < -0.39 is 0 Å². The summed E-state index contributed by atoms with van der Waals surface area (Å²) in [6, 6.07) is 8.29. The van der Waals surface area contributed by atoms with Crippen LogP contribution in [0.4, 0.5) is 5.95 Å². The molecule has 0 atom stereocenters. The van der Waals surface area contributed by atoms with Crippen molar-refractivity contribution in [2.24, 2.45) is 0 Å². The number of halogens is 3. The monoisotopic (exact) mass is 569 g/mol. The van der Waals surface area contributed by atoms with Gasteiger partial charge in [0, 0.05) is 46.8 Å². The molecule has 0 aliphatic rings. The van der Waals surface area contributed by atoms with E-state index in [4.69, 9.17) is 4.42 Å². The Morgan fingerprint density at radius 1 is 1.00 bits per heavy atom. The molecule has 34 heavy (non-hydrogen) atoms. The highest BCUT2D eigenvalue weighted by Gasteiger charge is 2.08. The van der Waals surface area contributed by atoms with Crippen molar-refractivity contribution in [2.45, 2.75) is 25.3 Å². The molecular weight excluding hydrogens is 537 g/mol. The second-order valence-electron chi connectivity index (χ2n) is 7.95. The van der Waals surface area contributed by atoms with Gasteiger partial charge in [0.05, 0.1) is 12.3 Å². The molecule has 12 heteroatoms. The Morgan fingerprint density at radius 3 is 2.35 bits per heavy atom. The summed E-state index contributed by atoms with van der Waals surface area (Å²) in [5, 5.41) is 3.19. The molecule has 2 N–H and O–H groups in total. The number of nitrogens with zero attached hydrogens (tertiary/aromatic N) is 3. The zero-order valence-corrected chi connectivity index (χ0v) is 23.9. The number of anilines is 1. The van der Waals surface area contributed by atoms with E-state index in [1.54, 1.807) is 29.3 Å². The highest BCUT2D eigenvalue weighted by atomic mass is 35.5. The van der Waals surface area contributed by atoms with Crippen molar-refractivity contribution >= 4 is 66.3 Å². The molecule has 0 unspecified atom stereocenters. The first-order valence-corrected chi connectivity index (χ1v) is 12.2. The zero-order valence-electron chi connectivity index (χ0n) is 19.8. The number of thioether (sulfide) groups is 1. The molecule has 0 amide bonds. The van der Waals surface area contributed by atoms with Gasteiger partial charge in [0.15, 0.2) is 0 Å². The van der Waals surface area contributed by atoms with Gasteiger partial charge in [-0.3, -0.25) is 9.78 Å². The number of hydrogen-bond acceptors (Lipinski definition) is 8. The fraction of sp³-hybridized carbons (Fsp3) is 0.455. The van der Waals surface area contributed by atoms with Gasteiger partial charge in [-0.1, -0.05) is 0 Å². The lowest BCUT2D eigenvalue weighted by atomic mass is 10.2. The number of hydrogen-bond donors (Lipinski definition) is 2. The van der Waals surface area contributed by atoms with Crippen molar-refractivity contribution in [2.75, 3.05) is 45.8 Å². The van der Waals surface area contributed by atoms with Crippen molar-refractivity contribution in [1.82, 2.24) is 19.8 Å². The average molecular weight is 571 g/mol. The maximum atomic E-state index is 12.4. The molecule has 0 aliphatic heterocycles. The molecule has 0 fully saturated rings. The molecule has 0 saturated carbocycles. The summed E-state index contributed by atoms with van der Waals surface area (Å²) >= 11 is 3.52. The highest BCUT2D eigenvalue weighted by Crippen LogP contribution is 2.20. The summed E-state index contributed by atoms with van der Waals surface area (Å²) in [5.74, 6) is 4.20. The molecule has 0 saturated heterocycles. The van der Waals surface area contributed by atoms with Crippen molar-refractivity contribution < 1.29 is 4.42 Å². The molecule has 0 spiro atoms. The van der Waals surface area contributed by atoms with Gasteiger partial charge in [0.2, 0.25) is 5.95 Å². The van der Waals surface area contributed by atoms with E-state index in [-0.39, 0.29) is 42.8 Å². The van der Waals surface area contributed by atoms with Gasteiger partial charge in [0.1, 0.15) is 11.5 Å². The van der Waals surface area contributed by atoms with E-state index in [1.807, 2.05) is 26.2 Å². The Bertz CT molecular complexity index is 1020. The van der Waals surface area contributed by atoms with Crippen LogP contribution < -0.4 is 10.9 Å². The van der Waals surface area contributed by atoms with Gasteiger partial charge in [-0.2, -0.15) is 11.8 Å². The van der Waals surface area contributed by atoms with E-state index in [0.717, 1.165) is 42.7 Å². The smallest absolute Gasteiger partial charge is 0.255 e. The first-order chi connectivity index (χ1) is 14.9. The highest BCUT2D eigenvalue weighted by molar-refractivity contribution is 7.98. The molecule has 3 rings (SSSR count). The van der Waals surface area contributed by atoms with Crippen molar-refractivity contribution in [3.63, 3.8) is 0 Å². The summed E-state index contributed by atoms with van der Waals surface area (Å²) in [6.07, 6.45) is 2.28. The van der Waals surface area contributed by atoms with Gasteiger partial charge in [-0.05, 0) is 52.5 Å². The lowest BCUT2D eigenvalue weighted by Crippen LogP contribution is -2.18. The van der Waals surface area contributed by atoms with Crippen molar-refractivity contribution in [3.8, 4) is 0 Å². The number of aromatic amines is 1. The predicted molar refractivity (Wildman–Crippen MR) is 152 cm³/mol. The third-order valence-corrected chi connectivity index (χ3v) is 6.45. The molecule has 192 valence electrons. The fourth-order valence-electron chi connectivity index (χ4n) is 3.05. The van der Waals surface area contributed by atoms with Crippen LogP contribution in [0.25, 0.3) is 0 Å². The van der Waals surface area contributed by atoms with Gasteiger partial charge in [-0.15, -0.1) is 48.6 Å². The summed E-state index contributed by atoms with van der Waals surface area (Å²) in [4.78, 5) is 26.3. The minimum Gasteiger partial charge on any atom is -0.464 e. The van der Waals surface area contributed by atoms with Crippen LogP contribution in [-0.4, -0.2) is 60.3 Å². The van der Waals surface area contributed by atoms with Crippen molar-refractivity contribution in [3.05, 3.63) is 67.7 Å². The van der Waals surface area contributed by atoms with E-state index in [0.29, 0.717) is 17.9 Å². The van der Waals surface area contributed by atoms with E-state index >= 15 is 0 Å². The second kappa shape index (κ2) is 16.5. The van der Waals surface area contributed by atoms with E-state index in [1.165, 1.54) is 9.75 Å². The standard InChI is InChI=1S/C22H31N5O2S2.3ClH/c1-26(2)13-17-5-6-18(29-17)15-30-10-9-23-22-24-12-16(21(28)25-22)11-19-7-8-20(31-19)14-27(3)4;;;/h5-8,12H,9-11,13-15H2,1-4H3,(H2,23,24,25,28);3*1H. The van der Waals surface area contributed by atoms with Crippen LogP contribution in [0.15, 0.2) is 39.7 Å². The van der Waals surface area contributed by atoms with Crippen LogP contribution in [0.1, 0.15) is 26.8 Å². The molecule has 0 bridgehead atoms. The summed E-state index contributed by atoms with van der Waals surface area (Å²) in [6.45, 7) is 2.44. The topological polar surface area (TPSA) is 77.4 Å². The van der Waals surface area contributed by atoms with Gasteiger partial charge in [0.25, 0.3) is 5.56 Å². The molecule has 0 radical (unpaired) electrons. The van der Waals surface area contributed by atoms with Gasteiger partial charge >= 0.3 is 0 Å². The molecule has 3 aromatic rings. The quantitative estimate of drug-likeness (QED) is 0.304. The fourth-order valence-corrected chi connectivity index (χ4v) is 4.96. The van der Waals surface area contributed by atoms with E-state index in [2.05, 4.69) is 51.3 Å². The van der Waals surface area contributed by atoms with Crippen LogP contribution in [0, 0.1) is 0 Å². The third-order valence-electron chi connectivity index (χ3n) is 4.40. The second-order valence-corrected chi connectivity index (χ2v) is 10.3. The van der Waals surface area contributed by atoms with Crippen LogP contribution in [0.3, 0.4) is 0 Å². The number of aromatic nitrogens is 2. The Labute approximate surface area is 228 Å². The van der Waals surface area contributed by atoms with Crippen molar-refractivity contribution in [1.29, 1.82) is 0 Å². The Hall–Kier alpha value is -1.20. The third kappa shape index (κ3) is 11.0. The van der Waals surface area contributed by atoms with Gasteiger partial charge in [-0.25, -0.2) is 4.98 Å². The van der Waals surface area contributed by atoms with E-state index in [9.17, 15) is 4.79 Å². The number of furan rings is 1. The van der Waals surface area contributed by atoms with Crippen LogP contribution in [-0.2, 0) is 25.3 Å². The first-order valence-electron chi connectivity index (χ1n) is 10.2. The molecule has 0 aromatic carbocycles. The number of thiophene rings is 1. The largest absolute Gasteiger partial charge is 0.464 e. The number of rotatable bonds is 12. The minimum atomic E-state index is -0.0864. The number of H-pyrrole nitrogens is 1. The molecular formula is C22H34Cl3N5O2S2. The van der Waals surface area contributed by atoms with Crippen LogP contribution >= 0.6 is 60.3 Å². The summed E-state index contributed by atoms with van der Waals surface area (Å²) in [7, 11) is 8.16. The summed E-state index contributed by atoms with van der Waals surface area (Å²) in [5.41, 5.74) is 0.598.